The molecule has 1 aliphatic rings. The molecule has 0 saturated heterocycles. The van der Waals surface area contributed by atoms with Crippen LogP contribution in [0.3, 0.4) is 0 Å². The van der Waals surface area contributed by atoms with Crippen molar-refractivity contribution < 1.29 is 18.3 Å². The number of hydrogen-bond acceptors (Lipinski definition) is 5. The molecule has 0 spiro atoms. The van der Waals surface area contributed by atoms with Gasteiger partial charge in [-0.05, 0) is 74.6 Å². The van der Waals surface area contributed by atoms with E-state index in [0.29, 0.717) is 34.8 Å². The molecule has 1 aromatic heterocycles. The van der Waals surface area contributed by atoms with E-state index in [4.69, 9.17) is 34.8 Å². The number of benzene rings is 2. The molecule has 0 aliphatic carbocycles. The number of nitrogens with zero attached hydrogens (tertiary/aromatic N) is 2. The molecule has 1 atom stereocenters. The summed E-state index contributed by atoms with van der Waals surface area (Å²) >= 11 is 18.5. The van der Waals surface area contributed by atoms with Crippen LogP contribution in [0.25, 0.3) is 0 Å². The Hall–Kier alpha value is -2.16. The summed E-state index contributed by atoms with van der Waals surface area (Å²) in [4.78, 5) is 17.6. The van der Waals surface area contributed by atoms with Gasteiger partial charge in [-0.1, -0.05) is 46.9 Å². The molecule has 0 saturated carbocycles. The number of pyridine rings is 1. The van der Waals surface area contributed by atoms with Crippen molar-refractivity contribution in [2.75, 3.05) is 10.8 Å². The molecule has 3 aromatic rings. The van der Waals surface area contributed by atoms with E-state index in [1.807, 2.05) is 0 Å². The normalized spacial score (nSPS) is 16.1. The third kappa shape index (κ3) is 5.87. The minimum Gasteiger partial charge on any atom is -0.390 e. The number of Topliss-reactive ketones (excluding diaryl/α,β-unsaturated/α-hetero) is 1. The maximum Gasteiger partial charge on any atom is 0.264 e. The van der Waals surface area contributed by atoms with Crippen molar-refractivity contribution in [2.24, 2.45) is 5.92 Å². The number of anilines is 1. The van der Waals surface area contributed by atoms with Crippen molar-refractivity contribution >= 4 is 56.3 Å². The number of aromatic nitrogens is 1. The highest BCUT2D eigenvalue weighted by Crippen LogP contribution is 2.37. The number of ketones is 1. The van der Waals surface area contributed by atoms with Gasteiger partial charge in [0.2, 0.25) is 0 Å². The average Bonchev–Trinajstić information content (AvgIpc) is 2.77. The summed E-state index contributed by atoms with van der Waals surface area (Å²) in [6.45, 7) is 3.54. The van der Waals surface area contributed by atoms with Crippen LogP contribution in [-0.4, -0.2) is 36.4 Å². The van der Waals surface area contributed by atoms with Crippen molar-refractivity contribution in [3.8, 4) is 0 Å². The van der Waals surface area contributed by atoms with E-state index in [9.17, 15) is 18.3 Å². The zero-order chi connectivity index (χ0) is 26.3. The van der Waals surface area contributed by atoms with Crippen LogP contribution < -0.4 is 4.31 Å². The zero-order valence-corrected chi connectivity index (χ0v) is 22.8. The largest absolute Gasteiger partial charge is 0.390 e. The summed E-state index contributed by atoms with van der Waals surface area (Å²) < 4.78 is 28.8. The smallest absolute Gasteiger partial charge is 0.264 e. The molecule has 2 heterocycles. The standard InChI is InChI=1S/C26H25Cl3N2O4S/c1-26(2,33)13-17-9-22-23(31(15-17)36(34,35)19-6-3-5-18(27)12-19)10-16(14-30-22)11-24(32)25-20(28)7-4-8-21(25)29/h3-8,10,12,14,17,33H,9,11,13,15H2,1-2H3/t17-/m0/s1. The van der Waals surface area contributed by atoms with Gasteiger partial charge in [-0.3, -0.25) is 14.1 Å². The second-order valence-corrected chi connectivity index (χ2v) is 12.7. The summed E-state index contributed by atoms with van der Waals surface area (Å²) in [6, 6.07) is 12.6. The number of carbonyl (C=O) groups is 1. The van der Waals surface area contributed by atoms with Gasteiger partial charge in [0.1, 0.15) is 0 Å². The lowest BCUT2D eigenvalue weighted by molar-refractivity contribution is 0.0532. The van der Waals surface area contributed by atoms with Gasteiger partial charge in [-0.25, -0.2) is 8.42 Å². The maximum atomic E-state index is 13.7. The second kappa shape index (κ2) is 10.3. The van der Waals surface area contributed by atoms with Gasteiger partial charge >= 0.3 is 0 Å². The van der Waals surface area contributed by atoms with Crippen LogP contribution in [0.15, 0.2) is 59.6 Å². The van der Waals surface area contributed by atoms with Crippen molar-refractivity contribution in [1.82, 2.24) is 4.98 Å². The van der Waals surface area contributed by atoms with Crippen molar-refractivity contribution in [3.63, 3.8) is 0 Å². The first-order valence-electron chi connectivity index (χ1n) is 11.3. The van der Waals surface area contributed by atoms with Crippen LogP contribution >= 0.6 is 34.8 Å². The molecule has 0 unspecified atom stereocenters. The fourth-order valence-corrected chi connectivity index (χ4v) is 7.00. The van der Waals surface area contributed by atoms with Crippen LogP contribution in [0.5, 0.6) is 0 Å². The van der Waals surface area contributed by atoms with Gasteiger partial charge in [0.05, 0.1) is 37.5 Å². The van der Waals surface area contributed by atoms with E-state index in [-0.39, 0.29) is 45.2 Å². The van der Waals surface area contributed by atoms with Gasteiger partial charge in [-0.15, -0.1) is 0 Å². The number of hydrogen-bond donors (Lipinski definition) is 1. The molecule has 10 heteroatoms. The molecule has 2 aromatic carbocycles. The Labute approximate surface area is 225 Å². The lowest BCUT2D eigenvalue weighted by atomic mass is 9.87. The summed E-state index contributed by atoms with van der Waals surface area (Å²) in [5, 5.41) is 11.2. The van der Waals surface area contributed by atoms with Crippen LogP contribution in [-0.2, 0) is 22.9 Å². The predicted molar refractivity (Wildman–Crippen MR) is 143 cm³/mol. The Balaban J connectivity index is 1.74. The van der Waals surface area contributed by atoms with Gasteiger partial charge in [0.15, 0.2) is 5.78 Å². The van der Waals surface area contributed by atoms with E-state index in [1.165, 1.54) is 16.4 Å². The van der Waals surface area contributed by atoms with E-state index in [2.05, 4.69) is 4.98 Å². The highest BCUT2D eigenvalue weighted by atomic mass is 35.5. The van der Waals surface area contributed by atoms with Crippen LogP contribution in [0, 0.1) is 5.92 Å². The molecular weight excluding hydrogens is 543 g/mol. The zero-order valence-electron chi connectivity index (χ0n) is 19.7. The highest BCUT2D eigenvalue weighted by Gasteiger charge is 2.36. The molecule has 6 nitrogen and oxygen atoms in total. The molecule has 36 heavy (non-hydrogen) atoms. The number of fused-ring (bicyclic) bond motifs is 1. The van der Waals surface area contributed by atoms with Crippen LogP contribution in [0.1, 0.15) is 41.9 Å². The van der Waals surface area contributed by atoms with Crippen molar-refractivity contribution in [3.05, 3.63) is 86.6 Å². The fourth-order valence-electron chi connectivity index (χ4n) is 4.53. The molecule has 0 radical (unpaired) electrons. The van der Waals surface area contributed by atoms with Gasteiger partial charge < -0.3 is 5.11 Å². The molecule has 0 fully saturated rings. The molecule has 190 valence electrons. The molecule has 1 aliphatic heterocycles. The number of sulfonamides is 1. The first kappa shape index (κ1) is 26.9. The molecular formula is C26H25Cl3N2O4S. The summed E-state index contributed by atoms with van der Waals surface area (Å²) in [7, 11) is -4.00. The number of carbonyl (C=O) groups excluding carboxylic acids is 1. The Morgan fingerprint density at radius 2 is 1.78 bits per heavy atom. The van der Waals surface area contributed by atoms with Gasteiger partial charge in [0, 0.05) is 24.2 Å². The molecule has 4 rings (SSSR count). The Morgan fingerprint density at radius 3 is 2.42 bits per heavy atom. The topological polar surface area (TPSA) is 87.6 Å². The monoisotopic (exact) mass is 566 g/mol. The number of rotatable bonds is 7. The Morgan fingerprint density at radius 1 is 1.11 bits per heavy atom. The average molecular weight is 568 g/mol. The SMILES string of the molecule is CC(C)(O)C[C@@H]1Cc2ncc(CC(=O)c3c(Cl)cccc3Cl)cc2N(S(=O)(=O)c2cccc(Cl)c2)C1. The lowest BCUT2D eigenvalue weighted by Crippen LogP contribution is -2.42. The summed E-state index contributed by atoms with van der Waals surface area (Å²) in [5.41, 5.74) is 0.744. The third-order valence-electron chi connectivity index (χ3n) is 5.96. The summed E-state index contributed by atoms with van der Waals surface area (Å²) in [5.74, 6) is -0.458. The maximum absolute atomic E-state index is 13.7. The number of aliphatic hydroxyl groups is 1. The second-order valence-electron chi connectivity index (χ2n) is 9.59. The van der Waals surface area contributed by atoms with E-state index in [0.717, 1.165) is 0 Å². The fraction of sp³-hybridized carbons (Fsp3) is 0.308. The first-order chi connectivity index (χ1) is 16.8. The summed E-state index contributed by atoms with van der Waals surface area (Å²) in [6.07, 6.45) is 2.40. The quantitative estimate of drug-likeness (QED) is 0.354. The van der Waals surface area contributed by atoms with Gasteiger partial charge in [0.25, 0.3) is 10.0 Å². The van der Waals surface area contributed by atoms with E-state index >= 15 is 0 Å². The lowest BCUT2D eigenvalue weighted by Gasteiger charge is -2.37. The Bertz CT molecular complexity index is 1400. The van der Waals surface area contributed by atoms with Crippen LogP contribution in [0.2, 0.25) is 15.1 Å². The van der Waals surface area contributed by atoms with Crippen LogP contribution in [0.4, 0.5) is 5.69 Å². The minimum absolute atomic E-state index is 0.0502. The van der Waals surface area contributed by atoms with Crippen molar-refractivity contribution in [2.45, 2.75) is 43.6 Å². The number of halogens is 3. The van der Waals surface area contributed by atoms with E-state index in [1.54, 1.807) is 56.4 Å². The van der Waals surface area contributed by atoms with E-state index < -0.39 is 15.6 Å². The Kier molecular flexibility index (Phi) is 7.70. The van der Waals surface area contributed by atoms with Crippen molar-refractivity contribution in [1.29, 1.82) is 0 Å². The first-order valence-corrected chi connectivity index (χ1v) is 13.9. The predicted octanol–water partition coefficient (Wildman–Crippen LogP) is 6.00. The highest BCUT2D eigenvalue weighted by molar-refractivity contribution is 7.92. The third-order valence-corrected chi connectivity index (χ3v) is 8.60. The minimum atomic E-state index is -4.00. The molecule has 0 bridgehead atoms. The molecule has 1 N–H and O–H groups in total. The van der Waals surface area contributed by atoms with Gasteiger partial charge in [-0.2, -0.15) is 0 Å². The molecule has 0 amide bonds.